The van der Waals surface area contributed by atoms with Crippen molar-refractivity contribution in [2.24, 2.45) is 0 Å². The molecular formula is C12H10O8. The summed E-state index contributed by atoms with van der Waals surface area (Å²) in [6.45, 7) is 0. The van der Waals surface area contributed by atoms with Crippen molar-refractivity contribution >= 4 is 23.9 Å². The molecule has 0 atom stereocenters. The highest BCUT2D eigenvalue weighted by molar-refractivity contribution is 5.97. The van der Waals surface area contributed by atoms with Crippen LogP contribution in [0, 0.1) is 0 Å². The van der Waals surface area contributed by atoms with Crippen LogP contribution in [0.25, 0.3) is 0 Å². The number of hydrogen-bond acceptors (Lipinski definition) is 4. The lowest BCUT2D eigenvalue weighted by atomic mass is 9.94. The van der Waals surface area contributed by atoms with Crippen molar-refractivity contribution in [3.05, 3.63) is 34.4 Å². The Morgan fingerprint density at radius 2 is 1.05 bits per heavy atom. The van der Waals surface area contributed by atoms with Crippen molar-refractivity contribution in [2.75, 3.05) is 0 Å². The zero-order valence-electron chi connectivity index (χ0n) is 9.99. The lowest BCUT2D eigenvalue weighted by Crippen LogP contribution is -2.14. The number of carboxylic acids is 4. The SMILES string of the molecule is O=C(O)Cc1cc(CC(=O)O)c(C(=O)O)cc1C(=O)O. The van der Waals surface area contributed by atoms with Gasteiger partial charge in [-0.1, -0.05) is 6.07 Å². The summed E-state index contributed by atoms with van der Waals surface area (Å²) in [6, 6.07) is 1.77. The first-order valence-corrected chi connectivity index (χ1v) is 5.28. The lowest BCUT2D eigenvalue weighted by Gasteiger charge is -2.10. The van der Waals surface area contributed by atoms with E-state index in [4.69, 9.17) is 20.4 Å². The quantitative estimate of drug-likeness (QED) is 0.583. The molecule has 0 aliphatic carbocycles. The molecule has 8 nitrogen and oxygen atoms in total. The van der Waals surface area contributed by atoms with Gasteiger partial charge in [-0.05, 0) is 17.2 Å². The van der Waals surface area contributed by atoms with Crippen molar-refractivity contribution in [3.8, 4) is 0 Å². The van der Waals surface area contributed by atoms with E-state index in [1.807, 2.05) is 0 Å². The highest BCUT2D eigenvalue weighted by Gasteiger charge is 2.21. The molecule has 0 heterocycles. The molecule has 8 heteroatoms. The predicted octanol–water partition coefficient (Wildman–Crippen LogP) is 0.337. The van der Waals surface area contributed by atoms with Crippen LogP contribution in [0.5, 0.6) is 0 Å². The second-order valence-corrected chi connectivity index (χ2v) is 3.92. The molecule has 0 aromatic heterocycles. The summed E-state index contributed by atoms with van der Waals surface area (Å²) in [6.07, 6.45) is -1.29. The van der Waals surface area contributed by atoms with Crippen LogP contribution in [-0.4, -0.2) is 44.3 Å². The van der Waals surface area contributed by atoms with Crippen molar-refractivity contribution < 1.29 is 39.6 Å². The number of benzene rings is 1. The summed E-state index contributed by atoms with van der Waals surface area (Å²) < 4.78 is 0. The van der Waals surface area contributed by atoms with Crippen LogP contribution in [0.3, 0.4) is 0 Å². The zero-order valence-corrected chi connectivity index (χ0v) is 9.99. The summed E-state index contributed by atoms with van der Waals surface area (Å²) >= 11 is 0. The Kier molecular flexibility index (Phi) is 4.42. The fourth-order valence-electron chi connectivity index (χ4n) is 1.71. The third kappa shape index (κ3) is 3.55. The number of rotatable bonds is 6. The molecule has 0 saturated carbocycles. The molecule has 0 saturated heterocycles. The number of carbonyl (C=O) groups is 4. The number of aliphatic carboxylic acids is 2. The van der Waals surface area contributed by atoms with E-state index >= 15 is 0 Å². The zero-order chi connectivity index (χ0) is 15.4. The van der Waals surface area contributed by atoms with E-state index in [0.717, 1.165) is 12.1 Å². The first-order chi connectivity index (χ1) is 9.22. The number of hydrogen-bond donors (Lipinski definition) is 4. The van der Waals surface area contributed by atoms with Crippen LogP contribution in [-0.2, 0) is 22.4 Å². The molecule has 0 amide bonds. The summed E-state index contributed by atoms with van der Waals surface area (Å²) in [5.41, 5.74) is -1.24. The smallest absolute Gasteiger partial charge is 0.336 e. The topological polar surface area (TPSA) is 149 Å². The third-order valence-corrected chi connectivity index (χ3v) is 2.47. The van der Waals surface area contributed by atoms with Crippen molar-refractivity contribution in [2.45, 2.75) is 12.8 Å². The van der Waals surface area contributed by atoms with E-state index in [1.54, 1.807) is 0 Å². The van der Waals surface area contributed by atoms with Crippen LogP contribution in [0.4, 0.5) is 0 Å². The third-order valence-electron chi connectivity index (χ3n) is 2.47. The predicted molar refractivity (Wildman–Crippen MR) is 63.0 cm³/mol. The maximum absolute atomic E-state index is 11.0. The molecular weight excluding hydrogens is 272 g/mol. The highest BCUT2D eigenvalue weighted by Crippen LogP contribution is 2.19. The van der Waals surface area contributed by atoms with Crippen LogP contribution < -0.4 is 0 Å². The normalized spacial score (nSPS) is 10.0. The maximum atomic E-state index is 11.0. The Labute approximate surface area is 111 Å². The number of carboxylic acid groups (broad SMARTS) is 4. The second-order valence-electron chi connectivity index (χ2n) is 3.92. The Morgan fingerprint density at radius 1 is 0.700 bits per heavy atom. The molecule has 4 N–H and O–H groups in total. The molecule has 20 heavy (non-hydrogen) atoms. The van der Waals surface area contributed by atoms with Crippen molar-refractivity contribution in [1.82, 2.24) is 0 Å². The largest absolute Gasteiger partial charge is 0.481 e. The lowest BCUT2D eigenvalue weighted by molar-refractivity contribution is -0.137. The molecule has 0 aliphatic heterocycles. The van der Waals surface area contributed by atoms with Gasteiger partial charge in [-0.15, -0.1) is 0 Å². The monoisotopic (exact) mass is 282 g/mol. The molecule has 0 unspecified atom stereocenters. The minimum Gasteiger partial charge on any atom is -0.481 e. The van der Waals surface area contributed by atoms with Crippen molar-refractivity contribution in [1.29, 1.82) is 0 Å². The van der Waals surface area contributed by atoms with E-state index in [0.29, 0.717) is 0 Å². The van der Waals surface area contributed by atoms with E-state index in [1.165, 1.54) is 0 Å². The summed E-state index contributed by atoms with van der Waals surface area (Å²) in [5.74, 6) is -5.58. The van der Waals surface area contributed by atoms with Gasteiger partial charge < -0.3 is 20.4 Å². The molecule has 0 radical (unpaired) electrons. The highest BCUT2D eigenvalue weighted by atomic mass is 16.4. The molecule has 106 valence electrons. The fraction of sp³-hybridized carbons (Fsp3) is 0.167. The summed E-state index contributed by atoms with van der Waals surface area (Å²) in [7, 11) is 0. The van der Waals surface area contributed by atoms with Gasteiger partial charge in [0.15, 0.2) is 0 Å². The molecule has 0 bridgehead atoms. The fourth-order valence-corrected chi connectivity index (χ4v) is 1.71. The second kappa shape index (κ2) is 5.83. The van der Waals surface area contributed by atoms with Gasteiger partial charge >= 0.3 is 23.9 Å². The Bertz CT molecular complexity index is 552. The minimum atomic E-state index is -1.48. The van der Waals surface area contributed by atoms with Gasteiger partial charge in [0.2, 0.25) is 0 Å². The minimum absolute atomic E-state index is 0.147. The molecule has 0 aliphatic rings. The van der Waals surface area contributed by atoms with E-state index in [9.17, 15) is 19.2 Å². The van der Waals surface area contributed by atoms with E-state index in [2.05, 4.69) is 0 Å². The summed E-state index contributed by atoms with van der Waals surface area (Å²) in [5, 5.41) is 35.3. The van der Waals surface area contributed by atoms with Crippen molar-refractivity contribution in [3.63, 3.8) is 0 Å². The average molecular weight is 282 g/mol. The molecule has 1 aromatic carbocycles. The molecule has 1 rings (SSSR count). The first kappa shape index (κ1) is 15.2. The van der Waals surface area contributed by atoms with Gasteiger partial charge in [-0.2, -0.15) is 0 Å². The van der Waals surface area contributed by atoms with Crippen LogP contribution in [0.15, 0.2) is 12.1 Å². The molecule has 0 spiro atoms. The van der Waals surface area contributed by atoms with Crippen LogP contribution in [0.1, 0.15) is 31.8 Å². The molecule has 0 fully saturated rings. The van der Waals surface area contributed by atoms with Gasteiger partial charge in [0.1, 0.15) is 0 Å². The Balaban J connectivity index is 3.50. The Morgan fingerprint density at radius 3 is 1.30 bits per heavy atom. The number of aromatic carboxylic acids is 2. The Hall–Kier alpha value is -2.90. The van der Waals surface area contributed by atoms with Gasteiger partial charge in [0.25, 0.3) is 0 Å². The molecule has 1 aromatic rings. The van der Waals surface area contributed by atoms with Gasteiger partial charge in [0.05, 0.1) is 24.0 Å². The van der Waals surface area contributed by atoms with Gasteiger partial charge in [-0.3, -0.25) is 9.59 Å². The summed E-state index contributed by atoms with van der Waals surface area (Å²) in [4.78, 5) is 43.4. The van der Waals surface area contributed by atoms with Crippen LogP contribution >= 0.6 is 0 Å². The van der Waals surface area contributed by atoms with Gasteiger partial charge in [-0.25, -0.2) is 9.59 Å². The van der Waals surface area contributed by atoms with Gasteiger partial charge in [0, 0.05) is 0 Å². The van der Waals surface area contributed by atoms with E-state index < -0.39 is 47.8 Å². The first-order valence-electron chi connectivity index (χ1n) is 5.28. The van der Waals surface area contributed by atoms with E-state index in [-0.39, 0.29) is 11.1 Å². The maximum Gasteiger partial charge on any atom is 0.336 e. The standard InChI is InChI=1S/C12H10O8/c13-9(14)2-5-1-6(3-10(15)16)8(12(19)20)4-7(5)11(17)18/h1,4H,2-3H2,(H,13,14)(H,15,16)(H,17,18)(H,19,20). The average Bonchev–Trinajstić information content (AvgIpc) is 2.26. The van der Waals surface area contributed by atoms with Crippen LogP contribution in [0.2, 0.25) is 0 Å².